The quantitative estimate of drug-likeness (QED) is 0.601. The standard InChI is InChI=1S/C23H22FNO3/c1-3-27-22-13-8-17(23(26)25-20-11-9-19(24)10-12-20)14-18(22)15-28-21-7-5-4-6-16(21)2/h4-14H,3,15H2,1-2H3,(H,25,26). The number of benzene rings is 3. The Morgan fingerprint density at radius 2 is 1.71 bits per heavy atom. The van der Waals surface area contributed by atoms with Gasteiger partial charge < -0.3 is 14.8 Å². The molecule has 0 saturated heterocycles. The molecule has 3 aromatic carbocycles. The van der Waals surface area contributed by atoms with Crippen LogP contribution in [0.5, 0.6) is 11.5 Å². The SMILES string of the molecule is CCOc1ccc(C(=O)Nc2ccc(F)cc2)cc1COc1ccccc1C. The number of halogens is 1. The molecule has 0 aromatic heterocycles. The molecule has 0 fully saturated rings. The van der Waals surface area contributed by atoms with Crippen molar-refractivity contribution in [1.82, 2.24) is 0 Å². The molecule has 1 amide bonds. The van der Waals surface area contributed by atoms with Crippen LogP contribution in [-0.4, -0.2) is 12.5 Å². The largest absolute Gasteiger partial charge is 0.493 e. The Bertz CT molecular complexity index is 954. The highest BCUT2D eigenvalue weighted by Gasteiger charge is 2.12. The maximum atomic E-state index is 13.0. The van der Waals surface area contributed by atoms with Crippen molar-refractivity contribution in [3.05, 3.63) is 89.2 Å². The summed E-state index contributed by atoms with van der Waals surface area (Å²) in [6.07, 6.45) is 0. The number of rotatable bonds is 7. The molecule has 0 spiro atoms. The molecule has 0 aliphatic carbocycles. The molecular weight excluding hydrogens is 357 g/mol. The summed E-state index contributed by atoms with van der Waals surface area (Å²) < 4.78 is 24.6. The molecule has 4 nitrogen and oxygen atoms in total. The Morgan fingerprint density at radius 1 is 0.964 bits per heavy atom. The Kier molecular flexibility index (Phi) is 6.27. The van der Waals surface area contributed by atoms with E-state index in [9.17, 15) is 9.18 Å². The van der Waals surface area contributed by atoms with Crippen LogP contribution in [0.3, 0.4) is 0 Å². The highest BCUT2D eigenvalue weighted by molar-refractivity contribution is 6.04. The molecule has 144 valence electrons. The van der Waals surface area contributed by atoms with Crippen molar-refractivity contribution in [2.45, 2.75) is 20.5 Å². The van der Waals surface area contributed by atoms with Crippen LogP contribution in [0.1, 0.15) is 28.4 Å². The van der Waals surface area contributed by atoms with Gasteiger partial charge >= 0.3 is 0 Å². The van der Waals surface area contributed by atoms with E-state index in [1.54, 1.807) is 18.2 Å². The van der Waals surface area contributed by atoms with Crippen molar-refractivity contribution in [1.29, 1.82) is 0 Å². The highest BCUT2D eigenvalue weighted by Crippen LogP contribution is 2.24. The van der Waals surface area contributed by atoms with Crippen molar-refractivity contribution in [2.24, 2.45) is 0 Å². The number of ether oxygens (including phenoxy) is 2. The summed E-state index contributed by atoms with van der Waals surface area (Å²) in [5.41, 5.74) is 2.80. The Hall–Kier alpha value is -3.34. The molecule has 0 heterocycles. The second kappa shape index (κ2) is 9.04. The van der Waals surface area contributed by atoms with Gasteiger partial charge in [0.05, 0.1) is 6.61 Å². The third-order valence-electron chi connectivity index (χ3n) is 4.20. The lowest BCUT2D eigenvalue weighted by atomic mass is 10.1. The topological polar surface area (TPSA) is 47.6 Å². The van der Waals surface area contributed by atoms with Crippen LogP contribution in [0.15, 0.2) is 66.7 Å². The number of carbonyl (C=O) groups is 1. The minimum Gasteiger partial charge on any atom is -0.493 e. The number of amides is 1. The molecule has 3 rings (SSSR count). The molecule has 3 aromatic rings. The predicted molar refractivity (Wildman–Crippen MR) is 107 cm³/mol. The molecule has 0 aliphatic rings. The zero-order valence-electron chi connectivity index (χ0n) is 15.9. The molecule has 0 unspecified atom stereocenters. The van der Waals surface area contributed by atoms with Crippen molar-refractivity contribution >= 4 is 11.6 Å². The van der Waals surface area contributed by atoms with Crippen molar-refractivity contribution in [2.75, 3.05) is 11.9 Å². The van der Waals surface area contributed by atoms with Crippen LogP contribution in [0.25, 0.3) is 0 Å². The minimum absolute atomic E-state index is 0.276. The highest BCUT2D eigenvalue weighted by atomic mass is 19.1. The van der Waals surface area contributed by atoms with Crippen LogP contribution in [0.2, 0.25) is 0 Å². The van der Waals surface area contributed by atoms with E-state index in [-0.39, 0.29) is 18.3 Å². The lowest BCUT2D eigenvalue weighted by molar-refractivity contribution is 0.102. The number of aryl methyl sites for hydroxylation is 1. The van der Waals surface area contributed by atoms with Crippen molar-refractivity contribution < 1.29 is 18.7 Å². The molecule has 0 atom stereocenters. The van der Waals surface area contributed by atoms with E-state index in [4.69, 9.17) is 9.47 Å². The van der Waals surface area contributed by atoms with Gasteiger partial charge in [-0.3, -0.25) is 4.79 Å². The van der Waals surface area contributed by atoms with Crippen molar-refractivity contribution in [3.63, 3.8) is 0 Å². The van der Waals surface area contributed by atoms with Gasteiger partial charge in [-0.2, -0.15) is 0 Å². The average molecular weight is 379 g/mol. The normalized spacial score (nSPS) is 10.4. The van der Waals surface area contributed by atoms with E-state index in [1.165, 1.54) is 24.3 Å². The van der Waals surface area contributed by atoms with E-state index >= 15 is 0 Å². The first-order valence-electron chi connectivity index (χ1n) is 9.08. The maximum absolute atomic E-state index is 13.0. The summed E-state index contributed by atoms with van der Waals surface area (Å²) in [7, 11) is 0. The van der Waals surface area contributed by atoms with Gasteiger partial charge in [0.25, 0.3) is 5.91 Å². The minimum atomic E-state index is -0.352. The van der Waals surface area contributed by atoms with E-state index in [1.807, 2.05) is 38.1 Å². The summed E-state index contributed by atoms with van der Waals surface area (Å²) in [5, 5.41) is 2.76. The Morgan fingerprint density at radius 3 is 2.43 bits per heavy atom. The average Bonchev–Trinajstić information content (AvgIpc) is 2.70. The van der Waals surface area contributed by atoms with E-state index in [2.05, 4.69) is 5.32 Å². The van der Waals surface area contributed by atoms with Gasteiger partial charge in [-0.1, -0.05) is 18.2 Å². The van der Waals surface area contributed by atoms with Gasteiger partial charge in [-0.05, 0) is 67.9 Å². The molecule has 0 bridgehead atoms. The van der Waals surface area contributed by atoms with E-state index < -0.39 is 0 Å². The summed E-state index contributed by atoms with van der Waals surface area (Å²) >= 11 is 0. The first-order chi connectivity index (χ1) is 13.6. The molecule has 0 aliphatic heterocycles. The Balaban J connectivity index is 1.79. The number of carbonyl (C=O) groups excluding carboxylic acids is 1. The fourth-order valence-corrected chi connectivity index (χ4v) is 2.74. The summed E-state index contributed by atoms with van der Waals surface area (Å²) in [6, 6.07) is 18.6. The van der Waals surface area contributed by atoms with E-state index in [0.29, 0.717) is 23.6 Å². The molecule has 0 saturated carbocycles. The zero-order chi connectivity index (χ0) is 19.9. The van der Waals surface area contributed by atoms with Gasteiger partial charge in [0.15, 0.2) is 0 Å². The summed E-state index contributed by atoms with van der Waals surface area (Å²) in [6.45, 7) is 4.67. The molecular formula is C23H22FNO3. The molecule has 28 heavy (non-hydrogen) atoms. The summed E-state index contributed by atoms with van der Waals surface area (Å²) in [4.78, 5) is 12.6. The van der Waals surface area contributed by atoms with E-state index in [0.717, 1.165) is 16.9 Å². The second-order valence-corrected chi connectivity index (χ2v) is 6.27. The van der Waals surface area contributed by atoms with Gasteiger partial charge in [-0.25, -0.2) is 4.39 Å². The number of hydrogen-bond donors (Lipinski definition) is 1. The van der Waals surface area contributed by atoms with Gasteiger partial charge in [0.2, 0.25) is 0 Å². The zero-order valence-corrected chi connectivity index (χ0v) is 15.9. The lowest BCUT2D eigenvalue weighted by Crippen LogP contribution is -2.13. The van der Waals surface area contributed by atoms with Gasteiger partial charge in [-0.15, -0.1) is 0 Å². The van der Waals surface area contributed by atoms with Gasteiger partial charge in [0, 0.05) is 16.8 Å². The molecule has 5 heteroatoms. The van der Waals surface area contributed by atoms with Crippen LogP contribution < -0.4 is 14.8 Å². The van der Waals surface area contributed by atoms with Crippen LogP contribution in [-0.2, 0) is 6.61 Å². The van der Waals surface area contributed by atoms with Crippen LogP contribution >= 0.6 is 0 Å². The lowest BCUT2D eigenvalue weighted by Gasteiger charge is -2.14. The van der Waals surface area contributed by atoms with Gasteiger partial charge in [0.1, 0.15) is 23.9 Å². The smallest absolute Gasteiger partial charge is 0.255 e. The number of hydrogen-bond acceptors (Lipinski definition) is 3. The monoisotopic (exact) mass is 379 g/mol. The Labute approximate surface area is 163 Å². The third kappa shape index (κ3) is 4.88. The fraction of sp³-hybridized carbons (Fsp3) is 0.174. The van der Waals surface area contributed by atoms with Crippen LogP contribution in [0, 0.1) is 12.7 Å². The first kappa shape index (κ1) is 19.4. The number of para-hydroxylation sites is 1. The number of nitrogens with one attached hydrogen (secondary N) is 1. The third-order valence-corrected chi connectivity index (χ3v) is 4.20. The van der Waals surface area contributed by atoms with Crippen molar-refractivity contribution in [3.8, 4) is 11.5 Å². The molecule has 0 radical (unpaired) electrons. The van der Waals surface area contributed by atoms with Crippen LogP contribution in [0.4, 0.5) is 10.1 Å². The fourth-order valence-electron chi connectivity index (χ4n) is 2.74. The molecule has 1 N–H and O–H groups in total. The maximum Gasteiger partial charge on any atom is 0.255 e. The first-order valence-corrected chi connectivity index (χ1v) is 9.08. The second-order valence-electron chi connectivity index (χ2n) is 6.27. The summed E-state index contributed by atoms with van der Waals surface area (Å²) in [5.74, 6) is 0.821. The number of anilines is 1. The predicted octanol–water partition coefficient (Wildman–Crippen LogP) is 5.36.